The predicted octanol–water partition coefficient (Wildman–Crippen LogP) is 0.420. The molecule has 2 N–H and O–H groups in total. The third-order valence-corrected chi connectivity index (χ3v) is 3.59. The van der Waals surface area contributed by atoms with Crippen LogP contribution in [0, 0.1) is 5.92 Å². The lowest BCUT2D eigenvalue weighted by Crippen LogP contribution is -2.48. The number of amides is 3. The molecular weight excluding hydrogens is 268 g/mol. The first kappa shape index (κ1) is 14.3. The first-order valence-corrected chi connectivity index (χ1v) is 6.56. The van der Waals surface area contributed by atoms with E-state index in [1.807, 2.05) is 0 Å². The molecule has 2 rings (SSSR count). The Bertz CT molecular complexity index is 427. The molecule has 0 spiro atoms. The second kappa shape index (κ2) is 5.89. The standard InChI is InChI=1S/C12H16N2O6/c15-8-5-6-9(16)14(8)20-11(17)10(13-12(18)19)7-3-1-2-4-7/h7,10,13H,1-6H2,(H,18,19)/t10-/m0/s1. The summed E-state index contributed by atoms with van der Waals surface area (Å²) in [5.41, 5.74) is 0. The lowest BCUT2D eigenvalue weighted by atomic mass is 9.98. The van der Waals surface area contributed by atoms with Gasteiger partial charge < -0.3 is 15.3 Å². The molecule has 2 aliphatic rings. The molecule has 0 radical (unpaired) electrons. The van der Waals surface area contributed by atoms with Crippen LogP contribution in [0.4, 0.5) is 4.79 Å². The molecule has 1 atom stereocenters. The fraction of sp³-hybridized carbons (Fsp3) is 0.667. The van der Waals surface area contributed by atoms with Crippen LogP contribution >= 0.6 is 0 Å². The van der Waals surface area contributed by atoms with Gasteiger partial charge in [0.25, 0.3) is 11.8 Å². The Morgan fingerprint density at radius 2 is 1.75 bits per heavy atom. The van der Waals surface area contributed by atoms with Gasteiger partial charge in [-0.1, -0.05) is 12.8 Å². The molecule has 0 bridgehead atoms. The molecule has 20 heavy (non-hydrogen) atoms. The largest absolute Gasteiger partial charge is 0.465 e. The van der Waals surface area contributed by atoms with Gasteiger partial charge in [0.05, 0.1) is 0 Å². The minimum absolute atomic E-state index is 0.00652. The summed E-state index contributed by atoms with van der Waals surface area (Å²) in [6, 6.07) is -1.05. The van der Waals surface area contributed by atoms with Crippen LogP contribution in [-0.4, -0.2) is 40.1 Å². The van der Waals surface area contributed by atoms with E-state index in [0.29, 0.717) is 17.9 Å². The van der Waals surface area contributed by atoms with Gasteiger partial charge in [-0.2, -0.15) is 0 Å². The summed E-state index contributed by atoms with van der Waals surface area (Å²) >= 11 is 0. The van der Waals surface area contributed by atoms with Crippen LogP contribution in [0.2, 0.25) is 0 Å². The van der Waals surface area contributed by atoms with Crippen molar-refractivity contribution in [1.82, 2.24) is 10.4 Å². The van der Waals surface area contributed by atoms with Crippen molar-refractivity contribution in [1.29, 1.82) is 0 Å². The molecule has 2 fully saturated rings. The van der Waals surface area contributed by atoms with E-state index in [2.05, 4.69) is 5.32 Å². The highest BCUT2D eigenvalue weighted by molar-refractivity contribution is 6.01. The number of nitrogens with one attached hydrogen (secondary N) is 1. The molecule has 1 heterocycles. The van der Waals surface area contributed by atoms with Crippen molar-refractivity contribution >= 4 is 23.9 Å². The third kappa shape index (κ3) is 3.06. The molecular formula is C12H16N2O6. The highest BCUT2D eigenvalue weighted by Gasteiger charge is 2.38. The molecule has 8 heteroatoms. The van der Waals surface area contributed by atoms with E-state index in [9.17, 15) is 19.2 Å². The molecule has 1 aliphatic heterocycles. The average molecular weight is 284 g/mol. The molecule has 0 aromatic rings. The van der Waals surface area contributed by atoms with Crippen molar-refractivity contribution in [2.24, 2.45) is 5.92 Å². The fourth-order valence-corrected chi connectivity index (χ4v) is 2.60. The van der Waals surface area contributed by atoms with Crippen LogP contribution < -0.4 is 5.32 Å². The van der Waals surface area contributed by atoms with Crippen molar-refractivity contribution in [2.45, 2.75) is 44.6 Å². The van der Waals surface area contributed by atoms with E-state index in [4.69, 9.17) is 9.94 Å². The Morgan fingerprint density at radius 3 is 2.25 bits per heavy atom. The quantitative estimate of drug-likeness (QED) is 0.723. The Balaban J connectivity index is 2.03. The Labute approximate surface area is 115 Å². The number of nitrogens with zero attached hydrogens (tertiary/aromatic N) is 1. The minimum atomic E-state index is -1.34. The lowest BCUT2D eigenvalue weighted by molar-refractivity contribution is -0.199. The molecule has 1 aliphatic carbocycles. The van der Waals surface area contributed by atoms with Gasteiger partial charge in [-0.05, 0) is 18.8 Å². The van der Waals surface area contributed by atoms with Crippen LogP contribution in [0.5, 0.6) is 0 Å². The zero-order valence-corrected chi connectivity index (χ0v) is 10.8. The summed E-state index contributed by atoms with van der Waals surface area (Å²) in [6.45, 7) is 0. The zero-order valence-electron chi connectivity index (χ0n) is 10.8. The van der Waals surface area contributed by atoms with Gasteiger partial charge in [0, 0.05) is 12.8 Å². The summed E-state index contributed by atoms with van der Waals surface area (Å²) in [4.78, 5) is 50.3. The van der Waals surface area contributed by atoms with Gasteiger partial charge in [-0.3, -0.25) is 9.59 Å². The number of hydroxylamine groups is 2. The van der Waals surface area contributed by atoms with E-state index in [0.717, 1.165) is 12.8 Å². The number of hydrogen-bond donors (Lipinski definition) is 2. The molecule has 110 valence electrons. The SMILES string of the molecule is O=C(O)N[C@H](C(=O)ON1C(=O)CCC1=O)C1CCCC1. The van der Waals surface area contributed by atoms with Crippen LogP contribution in [0.1, 0.15) is 38.5 Å². The van der Waals surface area contributed by atoms with Gasteiger partial charge in [0.15, 0.2) is 0 Å². The maximum Gasteiger partial charge on any atom is 0.405 e. The number of carboxylic acid groups (broad SMARTS) is 1. The maximum absolute atomic E-state index is 12.0. The van der Waals surface area contributed by atoms with Gasteiger partial charge >= 0.3 is 12.1 Å². The summed E-state index contributed by atoms with van der Waals surface area (Å²) in [5.74, 6) is -2.22. The third-order valence-electron chi connectivity index (χ3n) is 3.59. The maximum atomic E-state index is 12.0. The average Bonchev–Trinajstić information content (AvgIpc) is 3.01. The Morgan fingerprint density at radius 1 is 1.20 bits per heavy atom. The van der Waals surface area contributed by atoms with Gasteiger partial charge in [0.1, 0.15) is 6.04 Å². The van der Waals surface area contributed by atoms with Gasteiger partial charge in [0.2, 0.25) is 0 Å². The van der Waals surface area contributed by atoms with Gasteiger partial charge in [-0.25, -0.2) is 9.59 Å². The van der Waals surface area contributed by atoms with Crippen LogP contribution in [-0.2, 0) is 19.2 Å². The second-order valence-corrected chi connectivity index (χ2v) is 4.96. The number of rotatable bonds is 4. The topological polar surface area (TPSA) is 113 Å². The molecule has 8 nitrogen and oxygen atoms in total. The predicted molar refractivity (Wildman–Crippen MR) is 64.1 cm³/mol. The highest BCUT2D eigenvalue weighted by atomic mass is 16.7. The monoisotopic (exact) mass is 284 g/mol. The van der Waals surface area contributed by atoms with Crippen molar-refractivity contribution < 1.29 is 29.1 Å². The van der Waals surface area contributed by atoms with Crippen molar-refractivity contribution in [3.05, 3.63) is 0 Å². The lowest BCUT2D eigenvalue weighted by Gasteiger charge is -2.23. The van der Waals surface area contributed by atoms with Gasteiger partial charge in [-0.15, -0.1) is 5.06 Å². The fourth-order valence-electron chi connectivity index (χ4n) is 2.60. The number of imide groups is 1. The summed E-state index contributed by atoms with van der Waals surface area (Å²) < 4.78 is 0. The highest BCUT2D eigenvalue weighted by Crippen LogP contribution is 2.28. The van der Waals surface area contributed by atoms with Crippen LogP contribution in [0.15, 0.2) is 0 Å². The van der Waals surface area contributed by atoms with E-state index in [-0.39, 0.29) is 18.8 Å². The van der Waals surface area contributed by atoms with Crippen LogP contribution in [0.25, 0.3) is 0 Å². The van der Waals surface area contributed by atoms with Crippen LogP contribution in [0.3, 0.4) is 0 Å². The second-order valence-electron chi connectivity index (χ2n) is 4.96. The molecule has 1 saturated carbocycles. The van der Waals surface area contributed by atoms with E-state index in [1.54, 1.807) is 0 Å². The molecule has 0 aromatic heterocycles. The molecule has 1 saturated heterocycles. The molecule has 0 aromatic carbocycles. The summed E-state index contributed by atoms with van der Waals surface area (Å²) in [6.07, 6.45) is 1.93. The molecule has 3 amide bonds. The zero-order chi connectivity index (χ0) is 14.7. The van der Waals surface area contributed by atoms with Crippen molar-refractivity contribution in [3.63, 3.8) is 0 Å². The van der Waals surface area contributed by atoms with E-state index < -0.39 is 29.9 Å². The number of carbonyl (C=O) groups is 4. The Kier molecular flexibility index (Phi) is 4.21. The van der Waals surface area contributed by atoms with Crippen molar-refractivity contribution in [3.8, 4) is 0 Å². The Hall–Kier alpha value is -2.12. The minimum Gasteiger partial charge on any atom is -0.465 e. The van der Waals surface area contributed by atoms with Crippen molar-refractivity contribution in [2.75, 3.05) is 0 Å². The first-order chi connectivity index (χ1) is 9.49. The smallest absolute Gasteiger partial charge is 0.405 e. The summed E-state index contributed by atoms with van der Waals surface area (Å²) in [5, 5.41) is 11.3. The first-order valence-electron chi connectivity index (χ1n) is 6.56. The molecule has 0 unspecified atom stereocenters. The number of hydrogen-bond acceptors (Lipinski definition) is 5. The normalized spacial score (nSPS) is 21.1. The van der Waals surface area contributed by atoms with E-state index >= 15 is 0 Å². The summed E-state index contributed by atoms with van der Waals surface area (Å²) in [7, 11) is 0. The van der Waals surface area contributed by atoms with E-state index in [1.165, 1.54) is 0 Å². The number of carbonyl (C=O) groups excluding carboxylic acids is 3.